The smallest absolute Gasteiger partial charge is 0.224 e. The van der Waals surface area contributed by atoms with E-state index in [1.165, 1.54) is 5.69 Å². The van der Waals surface area contributed by atoms with E-state index in [1.54, 1.807) is 19.3 Å². The van der Waals surface area contributed by atoms with Gasteiger partial charge in [-0.05, 0) is 31.5 Å². The number of rotatable bonds is 4. The van der Waals surface area contributed by atoms with Gasteiger partial charge in [-0.1, -0.05) is 13.8 Å². The molecule has 2 N–H and O–H groups in total. The van der Waals surface area contributed by atoms with Crippen LogP contribution in [0.15, 0.2) is 30.6 Å². The first-order chi connectivity index (χ1) is 14.5. The molecule has 1 aromatic heterocycles. The lowest BCUT2D eigenvalue weighted by atomic mass is 9.80. The number of aryl methyl sites for hydroxylation is 1. The number of aromatic nitrogens is 2. The van der Waals surface area contributed by atoms with Crippen molar-refractivity contribution in [1.29, 1.82) is 0 Å². The van der Waals surface area contributed by atoms with E-state index in [9.17, 15) is 4.79 Å². The number of anilines is 3. The van der Waals surface area contributed by atoms with E-state index >= 15 is 0 Å². The number of carbonyl (C=O) groups is 1. The first-order valence-electron chi connectivity index (χ1n) is 10.9. The predicted octanol–water partition coefficient (Wildman–Crippen LogP) is 3.13. The van der Waals surface area contributed by atoms with Gasteiger partial charge in [0.1, 0.15) is 5.82 Å². The van der Waals surface area contributed by atoms with Gasteiger partial charge in [0.2, 0.25) is 5.91 Å². The molecule has 160 valence electrons. The highest BCUT2D eigenvalue weighted by atomic mass is 16.2. The summed E-state index contributed by atoms with van der Waals surface area (Å²) in [6.07, 6.45) is 4.48. The van der Waals surface area contributed by atoms with Crippen LogP contribution in [-0.4, -0.2) is 48.1 Å². The van der Waals surface area contributed by atoms with E-state index in [1.807, 2.05) is 11.8 Å². The molecule has 3 atom stereocenters. The van der Waals surface area contributed by atoms with Crippen LogP contribution in [0, 0.1) is 12.8 Å². The first kappa shape index (κ1) is 20.6. The van der Waals surface area contributed by atoms with Crippen LogP contribution in [-0.2, 0) is 4.79 Å². The summed E-state index contributed by atoms with van der Waals surface area (Å²) in [4.78, 5) is 25.9. The number of nitrogens with zero attached hydrogens (tertiary/aromatic N) is 4. The molecule has 1 amide bonds. The highest BCUT2D eigenvalue weighted by Crippen LogP contribution is 2.44. The summed E-state index contributed by atoms with van der Waals surface area (Å²) in [5, 5.41) is 7.04. The minimum Gasteiger partial charge on any atom is -0.369 e. The van der Waals surface area contributed by atoms with Gasteiger partial charge in [0.25, 0.3) is 0 Å². The van der Waals surface area contributed by atoms with Crippen LogP contribution >= 0.6 is 0 Å². The van der Waals surface area contributed by atoms with Crippen LogP contribution in [0.2, 0.25) is 0 Å². The molecule has 3 heterocycles. The fourth-order valence-corrected chi connectivity index (χ4v) is 4.84. The normalized spacial score (nSPS) is 23.8. The second-order valence-corrected chi connectivity index (χ2v) is 8.37. The van der Waals surface area contributed by atoms with Crippen molar-refractivity contribution >= 4 is 23.1 Å². The molecule has 2 aliphatic rings. The Labute approximate surface area is 178 Å². The molecule has 1 saturated heterocycles. The van der Waals surface area contributed by atoms with Crippen LogP contribution in [0.25, 0.3) is 0 Å². The summed E-state index contributed by atoms with van der Waals surface area (Å²) >= 11 is 0. The van der Waals surface area contributed by atoms with Crippen LogP contribution in [0.5, 0.6) is 0 Å². The first-order valence-corrected chi connectivity index (χ1v) is 10.9. The second kappa shape index (κ2) is 8.60. The van der Waals surface area contributed by atoms with Crippen molar-refractivity contribution in [2.75, 3.05) is 41.3 Å². The average molecular weight is 409 g/mol. The summed E-state index contributed by atoms with van der Waals surface area (Å²) in [6.45, 7) is 11.9. The Hall–Kier alpha value is -2.67. The number of hydrogen-bond donors (Lipinski definition) is 2. The molecule has 0 radical (unpaired) electrons. The lowest BCUT2D eigenvalue weighted by Crippen LogP contribution is -2.50. The monoisotopic (exact) mass is 408 g/mol. The predicted molar refractivity (Wildman–Crippen MR) is 121 cm³/mol. The maximum atomic E-state index is 12.6. The molecular weight excluding hydrogens is 376 g/mol. The van der Waals surface area contributed by atoms with Crippen molar-refractivity contribution < 1.29 is 4.79 Å². The lowest BCUT2D eigenvalue weighted by molar-refractivity contribution is -0.117. The number of carbonyl (C=O) groups excluding carboxylic acids is 1. The minimum absolute atomic E-state index is 0.0559. The molecule has 0 bridgehead atoms. The van der Waals surface area contributed by atoms with Crippen molar-refractivity contribution in [1.82, 2.24) is 15.3 Å². The molecule has 1 fully saturated rings. The van der Waals surface area contributed by atoms with Gasteiger partial charge in [-0.15, -0.1) is 0 Å². The lowest BCUT2D eigenvalue weighted by Gasteiger charge is -2.45. The molecule has 2 aromatic rings. The highest BCUT2D eigenvalue weighted by Gasteiger charge is 2.40. The Kier molecular flexibility index (Phi) is 5.90. The second-order valence-electron chi connectivity index (χ2n) is 8.37. The van der Waals surface area contributed by atoms with E-state index in [4.69, 9.17) is 0 Å². The molecule has 4 rings (SSSR count). The summed E-state index contributed by atoms with van der Waals surface area (Å²) in [5.41, 5.74) is 4.26. The molecule has 7 nitrogen and oxygen atoms in total. The van der Waals surface area contributed by atoms with Crippen molar-refractivity contribution in [3.05, 3.63) is 41.9 Å². The van der Waals surface area contributed by atoms with Crippen molar-refractivity contribution in [2.24, 2.45) is 5.92 Å². The number of hydrogen-bond acceptors (Lipinski definition) is 6. The maximum absolute atomic E-state index is 12.6. The number of benzene rings is 1. The van der Waals surface area contributed by atoms with Crippen LogP contribution in [0.3, 0.4) is 0 Å². The SMILES string of the molecule is CC[C@H]1[C@H](C)C(Nc2cnc(C)cn2)c2cc(N3CCNCC3)ccc2N1C(C)=O. The van der Waals surface area contributed by atoms with E-state index in [0.717, 1.165) is 55.4 Å². The number of piperazine rings is 1. The van der Waals surface area contributed by atoms with Gasteiger partial charge >= 0.3 is 0 Å². The van der Waals surface area contributed by atoms with Crippen molar-refractivity contribution in [2.45, 2.75) is 46.2 Å². The molecule has 2 aliphatic heterocycles. The van der Waals surface area contributed by atoms with Gasteiger partial charge < -0.3 is 20.4 Å². The van der Waals surface area contributed by atoms with Gasteiger partial charge in [0.05, 0.1) is 24.1 Å². The molecule has 0 aliphatic carbocycles. The van der Waals surface area contributed by atoms with Crippen LogP contribution in [0.1, 0.15) is 44.5 Å². The molecule has 1 unspecified atom stereocenters. The van der Waals surface area contributed by atoms with E-state index in [2.05, 4.69) is 57.5 Å². The Morgan fingerprint density at radius 1 is 1.23 bits per heavy atom. The van der Waals surface area contributed by atoms with Gasteiger partial charge in [0, 0.05) is 62.0 Å². The van der Waals surface area contributed by atoms with E-state index < -0.39 is 0 Å². The Morgan fingerprint density at radius 2 is 2.00 bits per heavy atom. The fraction of sp³-hybridized carbons (Fsp3) is 0.522. The van der Waals surface area contributed by atoms with E-state index in [0.29, 0.717) is 0 Å². The summed E-state index contributed by atoms with van der Waals surface area (Å²) in [7, 11) is 0. The van der Waals surface area contributed by atoms with Crippen molar-refractivity contribution in [3.8, 4) is 0 Å². The largest absolute Gasteiger partial charge is 0.369 e. The molecule has 0 spiro atoms. The summed E-state index contributed by atoms with van der Waals surface area (Å²) in [6, 6.07) is 6.73. The van der Waals surface area contributed by atoms with Gasteiger partial charge in [-0.3, -0.25) is 9.78 Å². The van der Waals surface area contributed by atoms with Gasteiger partial charge in [-0.2, -0.15) is 0 Å². The molecule has 1 aromatic carbocycles. The quantitative estimate of drug-likeness (QED) is 0.810. The van der Waals surface area contributed by atoms with Crippen LogP contribution < -0.4 is 20.4 Å². The Bertz CT molecular complexity index is 893. The third kappa shape index (κ3) is 3.86. The third-order valence-electron chi connectivity index (χ3n) is 6.39. The fourth-order valence-electron chi connectivity index (χ4n) is 4.84. The summed E-state index contributed by atoms with van der Waals surface area (Å²) in [5.74, 6) is 1.09. The highest BCUT2D eigenvalue weighted by molar-refractivity contribution is 5.94. The van der Waals surface area contributed by atoms with E-state index in [-0.39, 0.29) is 23.9 Å². The Morgan fingerprint density at radius 3 is 2.63 bits per heavy atom. The van der Waals surface area contributed by atoms with Crippen molar-refractivity contribution in [3.63, 3.8) is 0 Å². The zero-order chi connectivity index (χ0) is 21.3. The molecule has 30 heavy (non-hydrogen) atoms. The zero-order valence-corrected chi connectivity index (χ0v) is 18.4. The maximum Gasteiger partial charge on any atom is 0.224 e. The average Bonchev–Trinajstić information content (AvgIpc) is 2.76. The molecule has 0 saturated carbocycles. The third-order valence-corrected chi connectivity index (χ3v) is 6.39. The Balaban J connectivity index is 1.77. The minimum atomic E-state index is 0.0559. The molecule has 7 heteroatoms. The topological polar surface area (TPSA) is 73.4 Å². The standard InChI is InChI=1S/C23H32N6O/c1-5-20-16(3)23(27-22-14-25-15(2)13-26-22)19-12-18(28-10-8-24-9-11-28)6-7-21(19)29(20)17(4)30/h6-7,12-14,16,20,23-24H,5,8-11H2,1-4H3,(H,26,27)/t16-,20-,23?/m0/s1. The number of amides is 1. The van der Waals surface area contributed by atoms with Crippen LogP contribution in [0.4, 0.5) is 17.2 Å². The zero-order valence-electron chi connectivity index (χ0n) is 18.4. The number of fused-ring (bicyclic) bond motifs is 1. The number of nitrogens with one attached hydrogen (secondary N) is 2. The molecular formula is C23H32N6O. The summed E-state index contributed by atoms with van der Waals surface area (Å²) < 4.78 is 0. The van der Waals surface area contributed by atoms with Gasteiger partial charge in [-0.25, -0.2) is 4.98 Å². The van der Waals surface area contributed by atoms with Gasteiger partial charge in [0.15, 0.2) is 0 Å².